The number of nitrogens with one attached hydrogen (secondary N) is 1. The van der Waals surface area contributed by atoms with Gasteiger partial charge in [0.05, 0.1) is 18.8 Å². The SMILES string of the molecule is [CH][C@@H]1O[C@H](CO)[C@H](O)C1NC(=O)c1ccc(Cl)cc1. The van der Waals surface area contributed by atoms with Gasteiger partial charge in [-0.05, 0) is 31.2 Å². The fraction of sp³-hybridized carbons (Fsp3) is 0.385. The molecule has 1 aliphatic rings. The third-order valence-electron chi connectivity index (χ3n) is 3.02. The van der Waals surface area contributed by atoms with Crippen LogP contribution < -0.4 is 5.32 Å². The predicted octanol–water partition coefficient (Wildman–Crippen LogP) is 0.270. The van der Waals surface area contributed by atoms with Crippen LogP contribution in [0, 0.1) is 6.92 Å². The summed E-state index contributed by atoms with van der Waals surface area (Å²) in [6, 6.07) is 5.55. The first-order valence-corrected chi connectivity index (χ1v) is 6.17. The third-order valence-corrected chi connectivity index (χ3v) is 3.27. The minimum atomic E-state index is -1.05. The Morgan fingerprint density at radius 2 is 2.05 bits per heavy atom. The predicted molar refractivity (Wildman–Crippen MR) is 68.8 cm³/mol. The molecule has 4 atom stereocenters. The van der Waals surface area contributed by atoms with E-state index in [1.165, 1.54) is 0 Å². The average Bonchev–Trinajstić information content (AvgIpc) is 2.67. The van der Waals surface area contributed by atoms with E-state index in [4.69, 9.17) is 28.4 Å². The van der Waals surface area contributed by atoms with Crippen molar-refractivity contribution in [2.45, 2.75) is 24.4 Å². The Hall–Kier alpha value is -1.14. The average molecular weight is 284 g/mol. The summed E-state index contributed by atoms with van der Waals surface area (Å²) < 4.78 is 5.13. The van der Waals surface area contributed by atoms with Gasteiger partial charge in [-0.25, -0.2) is 0 Å². The van der Waals surface area contributed by atoms with Crippen molar-refractivity contribution in [1.82, 2.24) is 5.32 Å². The highest BCUT2D eigenvalue weighted by molar-refractivity contribution is 6.30. The molecule has 2 rings (SSSR count). The summed E-state index contributed by atoms with van der Waals surface area (Å²) in [4.78, 5) is 12.0. The Morgan fingerprint density at radius 3 is 2.58 bits per heavy atom. The molecule has 1 heterocycles. The number of benzene rings is 1. The zero-order valence-electron chi connectivity index (χ0n) is 9.99. The van der Waals surface area contributed by atoms with Crippen molar-refractivity contribution in [2.24, 2.45) is 0 Å². The first kappa shape index (κ1) is 14.3. The van der Waals surface area contributed by atoms with Crippen molar-refractivity contribution in [3.8, 4) is 0 Å². The zero-order chi connectivity index (χ0) is 14.0. The van der Waals surface area contributed by atoms with Crippen molar-refractivity contribution < 1.29 is 19.7 Å². The Bertz CT molecular complexity index is 450. The van der Waals surface area contributed by atoms with Gasteiger partial charge in [0.15, 0.2) is 0 Å². The van der Waals surface area contributed by atoms with Crippen molar-refractivity contribution in [3.63, 3.8) is 0 Å². The van der Waals surface area contributed by atoms with Gasteiger partial charge in [-0.15, -0.1) is 0 Å². The summed E-state index contributed by atoms with van der Waals surface area (Å²) in [6.07, 6.45) is -2.69. The van der Waals surface area contributed by atoms with Crippen molar-refractivity contribution in [1.29, 1.82) is 0 Å². The first-order chi connectivity index (χ1) is 9.02. The summed E-state index contributed by atoms with van der Waals surface area (Å²) >= 11 is 5.73. The van der Waals surface area contributed by atoms with Crippen LogP contribution in [0.15, 0.2) is 24.3 Å². The maximum atomic E-state index is 12.0. The van der Waals surface area contributed by atoms with E-state index in [1.807, 2.05) is 0 Å². The molecule has 1 saturated heterocycles. The van der Waals surface area contributed by atoms with Crippen LogP contribution >= 0.6 is 11.6 Å². The van der Waals surface area contributed by atoms with Crippen molar-refractivity contribution in [3.05, 3.63) is 41.8 Å². The molecule has 6 heteroatoms. The van der Waals surface area contributed by atoms with Gasteiger partial charge in [-0.3, -0.25) is 4.79 Å². The number of ether oxygens (including phenoxy) is 1. The van der Waals surface area contributed by atoms with Gasteiger partial charge in [0, 0.05) is 10.6 Å². The second-order valence-corrected chi connectivity index (χ2v) is 4.75. The molecule has 3 N–H and O–H groups in total. The van der Waals surface area contributed by atoms with Crippen LogP contribution in [0.5, 0.6) is 0 Å². The highest BCUT2D eigenvalue weighted by Gasteiger charge is 2.41. The monoisotopic (exact) mass is 283 g/mol. The molecule has 19 heavy (non-hydrogen) atoms. The van der Waals surface area contributed by atoms with Gasteiger partial charge >= 0.3 is 0 Å². The number of halogens is 1. The highest BCUT2D eigenvalue weighted by Crippen LogP contribution is 2.21. The van der Waals surface area contributed by atoms with E-state index in [0.29, 0.717) is 10.6 Å². The number of aliphatic hydroxyl groups is 2. The largest absolute Gasteiger partial charge is 0.394 e. The van der Waals surface area contributed by atoms with E-state index >= 15 is 0 Å². The Kier molecular flexibility index (Phi) is 4.42. The van der Waals surface area contributed by atoms with E-state index in [2.05, 4.69) is 5.32 Å². The van der Waals surface area contributed by atoms with Crippen molar-refractivity contribution >= 4 is 17.5 Å². The first-order valence-electron chi connectivity index (χ1n) is 5.79. The Morgan fingerprint density at radius 1 is 1.42 bits per heavy atom. The number of amides is 1. The molecule has 1 unspecified atom stereocenters. The zero-order valence-corrected chi connectivity index (χ0v) is 10.7. The van der Waals surface area contributed by atoms with Crippen LogP contribution in [-0.4, -0.2) is 47.1 Å². The number of rotatable bonds is 3. The molecule has 5 nitrogen and oxygen atoms in total. The lowest BCUT2D eigenvalue weighted by molar-refractivity contribution is -0.0114. The molecule has 0 saturated carbocycles. The topological polar surface area (TPSA) is 78.8 Å². The maximum Gasteiger partial charge on any atom is 0.251 e. The molecule has 1 aromatic rings. The molecule has 0 aromatic heterocycles. The van der Waals surface area contributed by atoms with Gasteiger partial charge in [0.1, 0.15) is 12.2 Å². The summed E-state index contributed by atoms with van der Waals surface area (Å²) in [6.45, 7) is 5.30. The molecule has 1 fully saturated rings. The summed E-state index contributed by atoms with van der Waals surface area (Å²) in [7, 11) is 0. The lowest BCUT2D eigenvalue weighted by atomic mass is 10.0. The Labute approximate surface area is 116 Å². The number of carbonyl (C=O) groups excluding carboxylic acids is 1. The molecule has 0 aliphatic carbocycles. The van der Waals surface area contributed by atoms with Crippen LogP contribution in [0.2, 0.25) is 5.02 Å². The lowest BCUT2D eigenvalue weighted by Gasteiger charge is -2.19. The normalized spacial score (nSPS) is 30.3. The van der Waals surface area contributed by atoms with Crippen molar-refractivity contribution in [2.75, 3.05) is 6.61 Å². The second kappa shape index (κ2) is 5.88. The Balaban J connectivity index is 2.04. The molecule has 1 aromatic carbocycles. The fourth-order valence-electron chi connectivity index (χ4n) is 1.95. The van der Waals surface area contributed by atoms with Crippen LogP contribution in [-0.2, 0) is 4.74 Å². The molecule has 0 spiro atoms. The highest BCUT2D eigenvalue weighted by atomic mass is 35.5. The molecule has 102 valence electrons. The summed E-state index contributed by atoms with van der Waals surface area (Å²) in [5, 5.41) is 22.0. The van der Waals surface area contributed by atoms with Gasteiger partial charge in [0.2, 0.25) is 0 Å². The second-order valence-electron chi connectivity index (χ2n) is 4.32. The van der Waals surface area contributed by atoms with E-state index in [9.17, 15) is 9.90 Å². The standard InChI is InChI=1S/C13H14ClNO4/c1-7-11(12(17)10(6-16)19-7)15-13(18)8-2-4-9(14)5-3-8/h1-5,7,10-12,16-17H,6H2,(H,15,18)/t7-,10+,11?,12-/m0/s1. The van der Waals surface area contributed by atoms with E-state index in [0.717, 1.165) is 0 Å². The maximum absolute atomic E-state index is 12.0. The van der Waals surface area contributed by atoms with Crippen LogP contribution in [0.4, 0.5) is 0 Å². The number of hydrogen-bond acceptors (Lipinski definition) is 4. The quantitative estimate of drug-likeness (QED) is 0.744. The molecule has 1 amide bonds. The summed E-state index contributed by atoms with van der Waals surface area (Å²) in [5.74, 6) is -0.390. The van der Waals surface area contributed by atoms with E-state index in [1.54, 1.807) is 24.3 Å². The third kappa shape index (κ3) is 3.06. The van der Waals surface area contributed by atoms with Gasteiger partial charge in [-0.1, -0.05) is 11.6 Å². The van der Waals surface area contributed by atoms with Crippen LogP contribution in [0.1, 0.15) is 10.4 Å². The molecule has 1 aliphatic heterocycles. The van der Waals surface area contributed by atoms with Crippen LogP contribution in [0.3, 0.4) is 0 Å². The van der Waals surface area contributed by atoms with E-state index < -0.39 is 30.3 Å². The van der Waals surface area contributed by atoms with Crippen LogP contribution in [0.25, 0.3) is 0 Å². The number of hydrogen-bond donors (Lipinski definition) is 3. The molecule has 0 bridgehead atoms. The molecular formula is C13H14ClNO4. The van der Waals surface area contributed by atoms with Gasteiger partial charge in [-0.2, -0.15) is 0 Å². The number of aliphatic hydroxyl groups excluding tert-OH is 2. The minimum Gasteiger partial charge on any atom is -0.394 e. The number of carbonyl (C=O) groups is 1. The minimum absolute atomic E-state index is 0.359. The molecule has 2 radical (unpaired) electrons. The molecular weight excluding hydrogens is 270 g/mol. The van der Waals surface area contributed by atoms with E-state index in [-0.39, 0.29) is 6.61 Å². The van der Waals surface area contributed by atoms with Gasteiger partial charge < -0.3 is 20.3 Å². The summed E-state index contributed by atoms with van der Waals surface area (Å²) in [5.41, 5.74) is 0.399. The smallest absolute Gasteiger partial charge is 0.251 e. The van der Waals surface area contributed by atoms with Gasteiger partial charge in [0.25, 0.3) is 5.91 Å². The fourth-order valence-corrected chi connectivity index (χ4v) is 2.07. The lowest BCUT2D eigenvalue weighted by Crippen LogP contribution is -2.47.